The number of sulfonamides is 1. The van der Waals surface area contributed by atoms with E-state index in [1.54, 1.807) is 12.1 Å². The van der Waals surface area contributed by atoms with Gasteiger partial charge in [0.2, 0.25) is 10.0 Å². The molecule has 146 valence electrons. The molecule has 0 atom stereocenters. The van der Waals surface area contributed by atoms with Gasteiger partial charge in [-0.1, -0.05) is 62.7 Å². The second-order valence-electron chi connectivity index (χ2n) is 7.68. The molecule has 0 unspecified atom stereocenters. The largest absolute Gasteiger partial charge is 0.460 e. The Morgan fingerprint density at radius 2 is 1.56 bits per heavy atom. The molecule has 6 heteroatoms. The van der Waals surface area contributed by atoms with Crippen molar-refractivity contribution < 1.29 is 17.9 Å². The molecule has 0 aliphatic rings. The van der Waals surface area contributed by atoms with Crippen LogP contribution in [-0.4, -0.2) is 32.3 Å². The Kier molecular flexibility index (Phi) is 6.44. The number of aryl methyl sites for hydroxylation is 1. The highest BCUT2D eigenvalue weighted by Gasteiger charge is 2.23. The predicted octanol–water partition coefficient (Wildman–Crippen LogP) is 3.66. The van der Waals surface area contributed by atoms with E-state index in [0.29, 0.717) is 0 Å². The van der Waals surface area contributed by atoms with Gasteiger partial charge in [-0.3, -0.25) is 4.79 Å². The molecule has 0 aliphatic carbocycles. The minimum absolute atomic E-state index is 0.0578. The molecule has 0 heterocycles. The molecule has 5 nitrogen and oxygen atoms in total. The van der Waals surface area contributed by atoms with Crippen LogP contribution in [0.2, 0.25) is 0 Å². The zero-order chi connectivity index (χ0) is 20.2. The van der Waals surface area contributed by atoms with Crippen molar-refractivity contribution >= 4 is 16.0 Å². The fourth-order valence-corrected chi connectivity index (χ4v) is 3.58. The van der Waals surface area contributed by atoms with E-state index in [-0.39, 0.29) is 23.5 Å². The number of rotatable bonds is 6. The van der Waals surface area contributed by atoms with Crippen LogP contribution >= 0.6 is 0 Å². The average molecular weight is 390 g/mol. The first-order chi connectivity index (χ1) is 12.5. The van der Waals surface area contributed by atoms with Crippen LogP contribution in [0.15, 0.2) is 53.4 Å². The van der Waals surface area contributed by atoms with E-state index in [0.717, 1.165) is 15.4 Å². The van der Waals surface area contributed by atoms with E-state index >= 15 is 0 Å². The quantitative estimate of drug-likeness (QED) is 0.708. The van der Waals surface area contributed by atoms with Crippen LogP contribution in [0.1, 0.15) is 37.5 Å². The fraction of sp³-hybridized carbons (Fsp3) is 0.381. The summed E-state index contributed by atoms with van der Waals surface area (Å²) in [5.74, 6) is -0.590. The van der Waals surface area contributed by atoms with Crippen LogP contribution in [0.3, 0.4) is 0 Å². The summed E-state index contributed by atoms with van der Waals surface area (Å²) in [5, 5.41) is 0. The lowest BCUT2D eigenvalue weighted by Crippen LogP contribution is -2.33. The molecule has 0 amide bonds. The Bertz CT molecular complexity index is 879. The zero-order valence-electron chi connectivity index (χ0n) is 16.5. The van der Waals surface area contributed by atoms with Crippen LogP contribution in [0.5, 0.6) is 0 Å². The summed E-state index contributed by atoms with van der Waals surface area (Å²) < 4.78 is 31.2. The smallest absolute Gasteiger partial charge is 0.321 e. The molecule has 0 aliphatic heterocycles. The van der Waals surface area contributed by atoms with Crippen molar-refractivity contribution in [3.8, 4) is 0 Å². The molecule has 0 radical (unpaired) electrons. The van der Waals surface area contributed by atoms with Crippen molar-refractivity contribution in [2.75, 3.05) is 13.6 Å². The molecular weight excluding hydrogens is 362 g/mol. The number of nitrogens with zero attached hydrogens (tertiary/aromatic N) is 1. The van der Waals surface area contributed by atoms with Crippen LogP contribution < -0.4 is 0 Å². The molecule has 0 aromatic heterocycles. The van der Waals surface area contributed by atoms with Gasteiger partial charge in [-0.15, -0.1) is 0 Å². The summed E-state index contributed by atoms with van der Waals surface area (Å²) in [6.45, 7) is 8.05. The first-order valence-corrected chi connectivity index (χ1v) is 10.2. The number of carbonyl (C=O) groups is 1. The number of esters is 1. The van der Waals surface area contributed by atoms with Crippen molar-refractivity contribution in [2.45, 2.75) is 44.6 Å². The molecule has 0 saturated heterocycles. The number of likely N-dealkylation sites (N-methyl/N-ethyl adjacent to an activating group) is 1. The molecule has 0 bridgehead atoms. The lowest BCUT2D eigenvalue weighted by atomic mass is 9.87. The number of hydrogen-bond donors (Lipinski definition) is 0. The highest BCUT2D eigenvalue weighted by atomic mass is 32.2. The molecule has 2 aromatic carbocycles. The molecule has 0 spiro atoms. The lowest BCUT2D eigenvalue weighted by Gasteiger charge is -2.19. The summed E-state index contributed by atoms with van der Waals surface area (Å²) in [7, 11) is -2.35. The fourth-order valence-electron chi connectivity index (χ4n) is 2.47. The van der Waals surface area contributed by atoms with Gasteiger partial charge in [-0.05, 0) is 35.6 Å². The predicted molar refractivity (Wildman–Crippen MR) is 106 cm³/mol. The molecule has 0 fully saturated rings. The normalized spacial score (nSPS) is 12.2. The maximum atomic E-state index is 12.5. The summed E-state index contributed by atoms with van der Waals surface area (Å²) >= 11 is 0. The maximum absolute atomic E-state index is 12.5. The SMILES string of the molecule is Cc1ccc(S(=O)(=O)N(C)CC(=O)OCc2ccc(C(C)(C)C)cc2)cc1. The van der Waals surface area contributed by atoms with Gasteiger partial charge in [0, 0.05) is 7.05 Å². The van der Waals surface area contributed by atoms with Gasteiger partial charge in [0.05, 0.1) is 4.90 Å². The van der Waals surface area contributed by atoms with Gasteiger partial charge < -0.3 is 4.74 Å². The van der Waals surface area contributed by atoms with Crippen LogP contribution in [0.4, 0.5) is 0 Å². The third kappa shape index (κ3) is 5.65. The van der Waals surface area contributed by atoms with Gasteiger partial charge >= 0.3 is 5.97 Å². The molecule has 27 heavy (non-hydrogen) atoms. The van der Waals surface area contributed by atoms with Crippen molar-refractivity contribution in [1.82, 2.24) is 4.31 Å². The van der Waals surface area contributed by atoms with E-state index in [9.17, 15) is 13.2 Å². The summed E-state index contributed by atoms with van der Waals surface area (Å²) in [6.07, 6.45) is 0. The van der Waals surface area contributed by atoms with Crippen LogP contribution in [0.25, 0.3) is 0 Å². The van der Waals surface area contributed by atoms with Crippen LogP contribution in [-0.2, 0) is 31.6 Å². The standard InChI is InChI=1S/C21H27NO4S/c1-16-6-12-19(13-7-16)27(24,25)22(5)14-20(23)26-15-17-8-10-18(11-9-17)21(2,3)4/h6-13H,14-15H2,1-5H3. The van der Waals surface area contributed by atoms with Crippen molar-refractivity contribution in [3.63, 3.8) is 0 Å². The van der Waals surface area contributed by atoms with E-state index in [1.807, 2.05) is 31.2 Å². The van der Waals surface area contributed by atoms with Gasteiger partial charge in [-0.25, -0.2) is 8.42 Å². The minimum Gasteiger partial charge on any atom is -0.460 e. The second-order valence-corrected chi connectivity index (χ2v) is 9.73. The van der Waals surface area contributed by atoms with Crippen LogP contribution in [0, 0.1) is 6.92 Å². The molecule has 2 aromatic rings. The number of carbonyl (C=O) groups excluding carboxylic acids is 1. The third-order valence-electron chi connectivity index (χ3n) is 4.30. The number of benzene rings is 2. The Labute approximate surface area is 162 Å². The van der Waals surface area contributed by atoms with E-state index in [1.165, 1.54) is 24.7 Å². The second kappa shape index (κ2) is 8.23. The van der Waals surface area contributed by atoms with Crippen molar-refractivity contribution in [1.29, 1.82) is 0 Å². The Morgan fingerprint density at radius 1 is 1.00 bits per heavy atom. The van der Waals surface area contributed by atoms with Gasteiger partial charge in [-0.2, -0.15) is 4.31 Å². The topological polar surface area (TPSA) is 63.7 Å². The zero-order valence-corrected chi connectivity index (χ0v) is 17.3. The van der Waals surface area contributed by atoms with Crippen molar-refractivity contribution in [3.05, 3.63) is 65.2 Å². The minimum atomic E-state index is -3.72. The summed E-state index contributed by atoms with van der Waals surface area (Å²) in [6, 6.07) is 14.4. The first kappa shape index (κ1) is 21.1. The Morgan fingerprint density at radius 3 is 2.07 bits per heavy atom. The lowest BCUT2D eigenvalue weighted by molar-refractivity contribution is -0.144. The van der Waals surface area contributed by atoms with Gasteiger partial charge in [0.15, 0.2) is 0 Å². The molecular formula is C21H27NO4S. The molecule has 0 N–H and O–H groups in total. The number of hydrogen-bond acceptors (Lipinski definition) is 4. The Balaban J connectivity index is 1.94. The highest BCUT2D eigenvalue weighted by molar-refractivity contribution is 7.89. The van der Waals surface area contributed by atoms with E-state index < -0.39 is 16.0 Å². The third-order valence-corrected chi connectivity index (χ3v) is 6.12. The van der Waals surface area contributed by atoms with Gasteiger partial charge in [0.25, 0.3) is 0 Å². The van der Waals surface area contributed by atoms with Crippen molar-refractivity contribution in [2.24, 2.45) is 0 Å². The Hall–Kier alpha value is -2.18. The number of ether oxygens (including phenoxy) is 1. The van der Waals surface area contributed by atoms with E-state index in [4.69, 9.17) is 4.74 Å². The summed E-state index contributed by atoms with van der Waals surface area (Å²) in [4.78, 5) is 12.2. The maximum Gasteiger partial charge on any atom is 0.321 e. The molecule has 2 rings (SSSR count). The highest BCUT2D eigenvalue weighted by Crippen LogP contribution is 2.22. The monoisotopic (exact) mass is 389 g/mol. The molecule has 0 saturated carbocycles. The van der Waals surface area contributed by atoms with Gasteiger partial charge in [0.1, 0.15) is 13.2 Å². The average Bonchev–Trinajstić information content (AvgIpc) is 2.60. The first-order valence-electron chi connectivity index (χ1n) is 8.78. The summed E-state index contributed by atoms with van der Waals surface area (Å²) in [5.41, 5.74) is 3.08. The van der Waals surface area contributed by atoms with E-state index in [2.05, 4.69) is 20.8 Å².